The molecular weight excluding hydrogens is 360 g/mol. The van der Waals surface area contributed by atoms with Crippen LogP contribution in [0, 0.1) is 0 Å². The Labute approximate surface area is 152 Å². The third-order valence-electron chi connectivity index (χ3n) is 4.31. The molecule has 0 fully saturated rings. The summed E-state index contributed by atoms with van der Waals surface area (Å²) in [7, 11) is -3.21. The minimum absolute atomic E-state index is 0.0926. The molecule has 3 rings (SSSR count). The highest BCUT2D eigenvalue weighted by molar-refractivity contribution is 7.89. The van der Waals surface area contributed by atoms with Gasteiger partial charge in [0.05, 0.1) is 5.75 Å². The van der Waals surface area contributed by atoms with Crippen molar-refractivity contribution in [2.75, 3.05) is 17.6 Å². The number of fused-ring (bicyclic) bond motifs is 1. The van der Waals surface area contributed by atoms with E-state index in [9.17, 15) is 13.2 Å². The number of amides is 1. The Morgan fingerprint density at radius 3 is 2.56 bits per heavy atom. The first-order valence-electron chi connectivity index (χ1n) is 8.05. The van der Waals surface area contributed by atoms with Gasteiger partial charge in [-0.15, -0.1) is 0 Å². The molecule has 1 heterocycles. The SMILES string of the molecule is CCS(=O)(=O)N1CCc2ccc(NC(=O)c3ccc(Cl)cc3)cc2C1. The van der Waals surface area contributed by atoms with Gasteiger partial charge in [0.15, 0.2) is 0 Å². The smallest absolute Gasteiger partial charge is 0.255 e. The monoisotopic (exact) mass is 378 g/mol. The van der Waals surface area contributed by atoms with Crippen LogP contribution >= 0.6 is 11.6 Å². The van der Waals surface area contributed by atoms with E-state index in [1.54, 1.807) is 31.2 Å². The van der Waals surface area contributed by atoms with Crippen molar-refractivity contribution in [2.45, 2.75) is 19.9 Å². The Morgan fingerprint density at radius 2 is 1.88 bits per heavy atom. The fraction of sp³-hybridized carbons (Fsp3) is 0.278. The zero-order valence-corrected chi connectivity index (χ0v) is 15.4. The summed E-state index contributed by atoms with van der Waals surface area (Å²) in [4.78, 5) is 12.3. The molecular formula is C18H19ClN2O3S. The fourth-order valence-electron chi connectivity index (χ4n) is 2.83. The lowest BCUT2D eigenvalue weighted by Crippen LogP contribution is -2.36. The van der Waals surface area contributed by atoms with Crippen LogP contribution in [-0.2, 0) is 23.0 Å². The van der Waals surface area contributed by atoms with Crippen LogP contribution in [0.5, 0.6) is 0 Å². The van der Waals surface area contributed by atoms with Crippen LogP contribution in [0.4, 0.5) is 5.69 Å². The second kappa shape index (κ2) is 7.15. The highest BCUT2D eigenvalue weighted by atomic mass is 35.5. The number of rotatable bonds is 4. The number of hydrogen-bond donors (Lipinski definition) is 1. The predicted molar refractivity (Wildman–Crippen MR) is 99.4 cm³/mol. The summed E-state index contributed by atoms with van der Waals surface area (Å²) in [5.41, 5.74) is 3.20. The molecule has 1 amide bonds. The third-order valence-corrected chi connectivity index (χ3v) is 6.39. The summed E-state index contributed by atoms with van der Waals surface area (Å²) in [6.45, 7) is 2.49. The van der Waals surface area contributed by atoms with E-state index in [0.717, 1.165) is 11.1 Å². The summed E-state index contributed by atoms with van der Waals surface area (Å²) >= 11 is 5.83. The van der Waals surface area contributed by atoms with Crippen molar-refractivity contribution in [1.82, 2.24) is 4.31 Å². The molecule has 25 heavy (non-hydrogen) atoms. The summed E-state index contributed by atoms with van der Waals surface area (Å²) in [6, 6.07) is 12.3. The van der Waals surface area contributed by atoms with Crippen molar-refractivity contribution in [3.8, 4) is 0 Å². The normalized spacial score (nSPS) is 14.8. The zero-order valence-electron chi connectivity index (χ0n) is 13.8. The maximum Gasteiger partial charge on any atom is 0.255 e. The van der Waals surface area contributed by atoms with E-state index in [0.29, 0.717) is 35.8 Å². The van der Waals surface area contributed by atoms with Gasteiger partial charge in [-0.1, -0.05) is 17.7 Å². The molecule has 1 aliphatic rings. The molecule has 2 aromatic carbocycles. The average molecular weight is 379 g/mol. The Bertz CT molecular complexity index is 895. The lowest BCUT2D eigenvalue weighted by molar-refractivity contribution is 0.102. The number of nitrogens with one attached hydrogen (secondary N) is 1. The Balaban J connectivity index is 1.78. The van der Waals surface area contributed by atoms with E-state index in [1.807, 2.05) is 18.2 Å². The van der Waals surface area contributed by atoms with E-state index in [1.165, 1.54) is 4.31 Å². The number of nitrogens with zero attached hydrogens (tertiary/aromatic N) is 1. The maximum absolute atomic E-state index is 12.3. The molecule has 0 spiro atoms. The third kappa shape index (κ3) is 4.03. The van der Waals surface area contributed by atoms with Crippen molar-refractivity contribution >= 4 is 33.2 Å². The lowest BCUT2D eigenvalue weighted by atomic mass is 10.0. The summed E-state index contributed by atoms with van der Waals surface area (Å²) in [5, 5.41) is 3.42. The van der Waals surface area contributed by atoms with E-state index in [4.69, 9.17) is 11.6 Å². The number of hydrogen-bond acceptors (Lipinski definition) is 3. The first kappa shape index (κ1) is 17.9. The van der Waals surface area contributed by atoms with E-state index < -0.39 is 10.0 Å². The van der Waals surface area contributed by atoms with Crippen molar-refractivity contribution < 1.29 is 13.2 Å². The highest BCUT2D eigenvalue weighted by Gasteiger charge is 2.25. The number of sulfonamides is 1. The molecule has 0 saturated heterocycles. The van der Waals surface area contributed by atoms with Crippen LogP contribution in [-0.4, -0.2) is 30.9 Å². The summed E-state index contributed by atoms with van der Waals surface area (Å²) in [6.07, 6.45) is 0.681. The van der Waals surface area contributed by atoms with Gasteiger partial charge in [-0.3, -0.25) is 4.79 Å². The molecule has 2 aromatic rings. The number of halogens is 1. The van der Waals surface area contributed by atoms with Crippen molar-refractivity contribution in [3.63, 3.8) is 0 Å². The van der Waals surface area contributed by atoms with Gasteiger partial charge >= 0.3 is 0 Å². The van der Waals surface area contributed by atoms with Gasteiger partial charge in [0.1, 0.15) is 0 Å². The second-order valence-corrected chi connectivity index (χ2v) is 8.62. The fourth-order valence-corrected chi connectivity index (χ4v) is 4.03. The van der Waals surface area contributed by atoms with Crippen molar-refractivity contribution in [2.24, 2.45) is 0 Å². The predicted octanol–water partition coefficient (Wildman–Crippen LogP) is 3.30. The minimum Gasteiger partial charge on any atom is -0.322 e. The summed E-state index contributed by atoms with van der Waals surface area (Å²) in [5.74, 6) is -0.138. The topological polar surface area (TPSA) is 66.5 Å². The van der Waals surface area contributed by atoms with Gasteiger partial charge in [-0.2, -0.15) is 4.31 Å². The summed E-state index contributed by atoms with van der Waals surface area (Å²) < 4.78 is 25.7. The van der Waals surface area contributed by atoms with Gasteiger partial charge in [0, 0.05) is 29.4 Å². The molecule has 0 bridgehead atoms. The first-order chi connectivity index (χ1) is 11.9. The molecule has 0 unspecified atom stereocenters. The van der Waals surface area contributed by atoms with E-state index in [2.05, 4.69) is 5.32 Å². The molecule has 1 N–H and O–H groups in total. The number of benzene rings is 2. The van der Waals surface area contributed by atoms with Crippen LogP contribution in [0.15, 0.2) is 42.5 Å². The maximum atomic E-state index is 12.3. The van der Waals surface area contributed by atoms with Crippen molar-refractivity contribution in [1.29, 1.82) is 0 Å². The van der Waals surface area contributed by atoms with Crippen LogP contribution in [0.25, 0.3) is 0 Å². The Morgan fingerprint density at radius 1 is 1.16 bits per heavy atom. The van der Waals surface area contributed by atoms with Gasteiger partial charge in [0.2, 0.25) is 10.0 Å². The largest absolute Gasteiger partial charge is 0.322 e. The zero-order chi connectivity index (χ0) is 18.0. The van der Waals surface area contributed by atoms with Crippen LogP contribution < -0.4 is 5.32 Å². The molecule has 1 aliphatic heterocycles. The molecule has 132 valence electrons. The Kier molecular flexibility index (Phi) is 5.13. The number of carbonyl (C=O) groups is 1. The molecule has 7 heteroatoms. The molecule has 0 radical (unpaired) electrons. The minimum atomic E-state index is -3.21. The molecule has 5 nitrogen and oxygen atoms in total. The number of anilines is 1. The van der Waals surface area contributed by atoms with Crippen molar-refractivity contribution in [3.05, 3.63) is 64.2 Å². The lowest BCUT2D eigenvalue weighted by Gasteiger charge is -2.28. The number of carbonyl (C=O) groups excluding carboxylic acids is 1. The van der Waals surface area contributed by atoms with E-state index >= 15 is 0 Å². The van der Waals surface area contributed by atoms with Crippen LogP contribution in [0.3, 0.4) is 0 Å². The van der Waals surface area contributed by atoms with Gasteiger partial charge in [0.25, 0.3) is 5.91 Å². The van der Waals surface area contributed by atoms with Gasteiger partial charge in [-0.05, 0) is 60.9 Å². The van der Waals surface area contributed by atoms with Gasteiger partial charge < -0.3 is 5.32 Å². The quantitative estimate of drug-likeness (QED) is 0.887. The second-order valence-electron chi connectivity index (χ2n) is 5.93. The van der Waals surface area contributed by atoms with Crippen LogP contribution in [0.1, 0.15) is 28.4 Å². The standard InChI is InChI=1S/C18H19ClN2O3S/c1-2-25(23,24)21-10-9-13-5-8-17(11-15(13)12-21)20-18(22)14-3-6-16(19)7-4-14/h3-8,11H,2,9-10,12H2,1H3,(H,20,22). The molecule has 0 aromatic heterocycles. The molecule has 0 atom stereocenters. The average Bonchev–Trinajstić information content (AvgIpc) is 2.61. The Hall–Kier alpha value is -1.89. The first-order valence-corrected chi connectivity index (χ1v) is 10.0. The van der Waals surface area contributed by atoms with Gasteiger partial charge in [-0.25, -0.2) is 8.42 Å². The highest BCUT2D eigenvalue weighted by Crippen LogP contribution is 2.25. The van der Waals surface area contributed by atoms with E-state index in [-0.39, 0.29) is 11.7 Å². The van der Waals surface area contributed by atoms with Crippen LogP contribution in [0.2, 0.25) is 5.02 Å². The molecule has 0 aliphatic carbocycles. The molecule has 0 saturated carbocycles.